The van der Waals surface area contributed by atoms with Gasteiger partial charge in [0.1, 0.15) is 6.29 Å². The number of hydrogen-bond acceptors (Lipinski definition) is 3. The number of carbonyl (C=O) groups is 2. The van der Waals surface area contributed by atoms with E-state index in [0.29, 0.717) is 12.2 Å². The van der Waals surface area contributed by atoms with Gasteiger partial charge in [0.05, 0.1) is 12.5 Å². The molecule has 0 aromatic carbocycles. The van der Waals surface area contributed by atoms with Gasteiger partial charge in [-0.2, -0.15) is 0 Å². The van der Waals surface area contributed by atoms with Crippen LogP contribution < -0.4 is 5.73 Å². The number of carboxylic acids is 1. The highest BCUT2D eigenvalue weighted by Gasteiger charge is 2.21. The summed E-state index contributed by atoms with van der Waals surface area (Å²) >= 11 is 0. The van der Waals surface area contributed by atoms with Crippen LogP contribution in [0.3, 0.4) is 0 Å². The Balaban J connectivity index is 4.01. The van der Waals surface area contributed by atoms with E-state index >= 15 is 0 Å². The van der Waals surface area contributed by atoms with Crippen LogP contribution in [-0.4, -0.2) is 23.4 Å². The Morgan fingerprint density at radius 1 is 1.16 bits per heavy atom. The second-order valence-electron chi connectivity index (χ2n) is 6.08. The minimum absolute atomic E-state index is 0.0153. The number of hydrogen-bond donors (Lipinski definition) is 2. The molecule has 0 saturated heterocycles. The Labute approximate surface area is 116 Å². The van der Waals surface area contributed by atoms with Crippen molar-refractivity contribution in [2.75, 3.05) is 0 Å². The van der Waals surface area contributed by atoms with Crippen molar-refractivity contribution in [2.24, 2.45) is 23.5 Å². The Morgan fingerprint density at radius 3 is 2.26 bits per heavy atom. The van der Waals surface area contributed by atoms with E-state index in [1.54, 1.807) is 0 Å². The second-order valence-corrected chi connectivity index (χ2v) is 6.08. The van der Waals surface area contributed by atoms with Gasteiger partial charge >= 0.3 is 5.97 Å². The van der Waals surface area contributed by atoms with Gasteiger partial charge in [0.25, 0.3) is 0 Å². The van der Waals surface area contributed by atoms with E-state index in [2.05, 4.69) is 20.8 Å². The average molecular weight is 271 g/mol. The van der Waals surface area contributed by atoms with Crippen molar-refractivity contribution < 1.29 is 14.7 Å². The maximum atomic E-state index is 10.8. The second kappa shape index (κ2) is 9.96. The third-order valence-corrected chi connectivity index (χ3v) is 3.65. The molecule has 112 valence electrons. The van der Waals surface area contributed by atoms with Gasteiger partial charge in [-0.25, -0.2) is 0 Å². The van der Waals surface area contributed by atoms with E-state index in [1.807, 2.05) is 0 Å². The highest BCUT2D eigenvalue weighted by Crippen LogP contribution is 2.22. The van der Waals surface area contributed by atoms with Gasteiger partial charge in [0.2, 0.25) is 0 Å². The van der Waals surface area contributed by atoms with E-state index in [0.717, 1.165) is 25.2 Å². The number of rotatable bonds is 11. The van der Waals surface area contributed by atoms with Gasteiger partial charge in [0, 0.05) is 0 Å². The third kappa shape index (κ3) is 9.65. The summed E-state index contributed by atoms with van der Waals surface area (Å²) in [5, 5.41) is 8.82. The van der Waals surface area contributed by atoms with Crippen LogP contribution >= 0.6 is 0 Å². The van der Waals surface area contributed by atoms with Gasteiger partial charge in [-0.1, -0.05) is 46.5 Å². The van der Waals surface area contributed by atoms with Crippen LogP contribution in [0.4, 0.5) is 0 Å². The van der Waals surface area contributed by atoms with Crippen LogP contribution in [0, 0.1) is 17.8 Å². The van der Waals surface area contributed by atoms with Crippen molar-refractivity contribution in [3.05, 3.63) is 0 Å². The molecule has 4 nitrogen and oxygen atoms in total. The summed E-state index contributed by atoms with van der Waals surface area (Å²) in [6.07, 6.45) is 5.91. The highest BCUT2D eigenvalue weighted by molar-refractivity contribution is 5.68. The van der Waals surface area contributed by atoms with Gasteiger partial charge < -0.3 is 15.6 Å². The van der Waals surface area contributed by atoms with Crippen LogP contribution in [0.1, 0.15) is 59.3 Å². The fourth-order valence-electron chi connectivity index (χ4n) is 2.28. The molecular weight excluding hydrogens is 242 g/mol. The normalized spacial score (nSPS) is 16.1. The summed E-state index contributed by atoms with van der Waals surface area (Å²) in [7, 11) is 0. The number of aldehydes is 1. The lowest BCUT2D eigenvalue weighted by molar-refractivity contribution is -0.138. The Hall–Kier alpha value is -0.900. The molecule has 0 fully saturated rings. The summed E-state index contributed by atoms with van der Waals surface area (Å²) in [5.41, 5.74) is 5.66. The van der Waals surface area contributed by atoms with E-state index in [-0.39, 0.29) is 12.3 Å². The zero-order valence-corrected chi connectivity index (χ0v) is 12.5. The highest BCUT2D eigenvalue weighted by atomic mass is 16.4. The zero-order valence-electron chi connectivity index (χ0n) is 12.5. The molecule has 3 atom stereocenters. The maximum Gasteiger partial charge on any atom is 0.303 e. The van der Waals surface area contributed by atoms with Crippen LogP contribution in [0.2, 0.25) is 0 Å². The van der Waals surface area contributed by atoms with Crippen LogP contribution in [0.5, 0.6) is 0 Å². The molecule has 3 N–H and O–H groups in total. The zero-order chi connectivity index (χ0) is 14.8. The van der Waals surface area contributed by atoms with Crippen LogP contribution in [-0.2, 0) is 9.59 Å². The Bertz CT molecular complexity index is 266. The van der Waals surface area contributed by atoms with Gasteiger partial charge in [0.15, 0.2) is 0 Å². The Kier molecular flexibility index (Phi) is 9.48. The van der Waals surface area contributed by atoms with Gasteiger partial charge in [-0.05, 0) is 24.2 Å². The summed E-state index contributed by atoms with van der Waals surface area (Å²) in [6, 6.07) is -0.654. The largest absolute Gasteiger partial charge is 0.481 e. The molecule has 0 aliphatic carbocycles. The molecule has 4 heteroatoms. The van der Waals surface area contributed by atoms with Gasteiger partial charge in [-0.15, -0.1) is 0 Å². The topological polar surface area (TPSA) is 80.4 Å². The van der Waals surface area contributed by atoms with E-state index in [9.17, 15) is 9.59 Å². The molecule has 0 aromatic rings. The van der Waals surface area contributed by atoms with E-state index in [1.165, 1.54) is 12.8 Å². The molecule has 0 aliphatic rings. The van der Waals surface area contributed by atoms with Crippen molar-refractivity contribution in [3.63, 3.8) is 0 Å². The standard InChI is InChI=1S/C15H29NO3/c1-11(2)5-4-6-12(3)7-8-13(9-15(18)19)14(16)10-17/h10-14H,4-9,16H2,1-3H3,(H,18,19)/t12?,13?,14-/m1/s1. The predicted molar refractivity (Wildman–Crippen MR) is 76.9 cm³/mol. The number of carbonyl (C=O) groups excluding carboxylic acids is 1. The number of nitrogens with two attached hydrogens (primary N) is 1. The summed E-state index contributed by atoms with van der Waals surface area (Å²) in [6.45, 7) is 6.62. The first-order valence-corrected chi connectivity index (χ1v) is 7.29. The van der Waals surface area contributed by atoms with E-state index < -0.39 is 12.0 Å². The molecule has 0 bridgehead atoms. The minimum atomic E-state index is -0.880. The molecule has 0 aromatic heterocycles. The minimum Gasteiger partial charge on any atom is -0.481 e. The monoisotopic (exact) mass is 271 g/mol. The lowest BCUT2D eigenvalue weighted by atomic mass is 9.87. The lowest BCUT2D eigenvalue weighted by Crippen LogP contribution is -2.33. The quantitative estimate of drug-likeness (QED) is 0.566. The first kappa shape index (κ1) is 18.1. The van der Waals surface area contributed by atoms with Crippen LogP contribution in [0.25, 0.3) is 0 Å². The first-order valence-electron chi connectivity index (χ1n) is 7.29. The summed E-state index contributed by atoms with van der Waals surface area (Å²) in [4.78, 5) is 21.5. The summed E-state index contributed by atoms with van der Waals surface area (Å²) in [5.74, 6) is 0.182. The SMILES string of the molecule is CC(C)CCCC(C)CCC(CC(=O)O)[C@H](N)C=O. The Morgan fingerprint density at radius 2 is 1.79 bits per heavy atom. The lowest BCUT2D eigenvalue weighted by Gasteiger charge is -2.20. The van der Waals surface area contributed by atoms with Gasteiger partial charge in [-0.3, -0.25) is 4.79 Å². The summed E-state index contributed by atoms with van der Waals surface area (Å²) < 4.78 is 0. The van der Waals surface area contributed by atoms with Crippen molar-refractivity contribution >= 4 is 12.3 Å². The third-order valence-electron chi connectivity index (χ3n) is 3.65. The molecule has 0 heterocycles. The fraction of sp³-hybridized carbons (Fsp3) is 0.867. The van der Waals surface area contributed by atoms with Crippen molar-refractivity contribution in [3.8, 4) is 0 Å². The molecule has 0 aliphatic heterocycles. The van der Waals surface area contributed by atoms with E-state index in [4.69, 9.17) is 10.8 Å². The molecular formula is C15H29NO3. The molecule has 0 radical (unpaired) electrons. The maximum absolute atomic E-state index is 10.8. The fourth-order valence-corrected chi connectivity index (χ4v) is 2.28. The number of aliphatic carboxylic acids is 1. The van der Waals surface area contributed by atoms with Crippen LogP contribution in [0.15, 0.2) is 0 Å². The molecule has 19 heavy (non-hydrogen) atoms. The van der Waals surface area contributed by atoms with Crippen molar-refractivity contribution in [1.29, 1.82) is 0 Å². The molecule has 0 amide bonds. The predicted octanol–water partition coefficient (Wildman–Crippen LogP) is 2.85. The van der Waals surface area contributed by atoms with Crippen molar-refractivity contribution in [2.45, 2.75) is 65.3 Å². The molecule has 0 rings (SSSR count). The molecule has 0 spiro atoms. The molecule has 0 saturated carbocycles. The van der Waals surface area contributed by atoms with Crippen molar-refractivity contribution in [1.82, 2.24) is 0 Å². The average Bonchev–Trinajstić information content (AvgIpc) is 2.32. The first-order chi connectivity index (χ1) is 8.86. The number of carboxylic acid groups (broad SMARTS) is 1. The smallest absolute Gasteiger partial charge is 0.303 e. The molecule has 2 unspecified atom stereocenters.